The summed E-state index contributed by atoms with van der Waals surface area (Å²) < 4.78 is 4.46. The summed E-state index contributed by atoms with van der Waals surface area (Å²) in [6.45, 7) is 0.811. The lowest BCUT2D eigenvalue weighted by molar-refractivity contribution is -0.146. The Morgan fingerprint density at radius 3 is 2.57 bits per heavy atom. The predicted octanol–water partition coefficient (Wildman–Crippen LogP) is -0.0345. The van der Waals surface area contributed by atoms with Crippen molar-refractivity contribution in [3.8, 4) is 0 Å². The van der Waals surface area contributed by atoms with Gasteiger partial charge in [0, 0.05) is 11.8 Å². The van der Waals surface area contributed by atoms with Crippen LogP contribution in [0.25, 0.3) is 0 Å². The van der Waals surface area contributed by atoms with E-state index >= 15 is 0 Å². The molecule has 2 amide bonds. The van der Waals surface area contributed by atoms with Crippen molar-refractivity contribution in [2.75, 3.05) is 13.7 Å². The molecule has 1 heterocycles. The van der Waals surface area contributed by atoms with Crippen LogP contribution in [0.2, 0.25) is 0 Å². The zero-order chi connectivity index (χ0) is 15.8. The lowest BCUT2D eigenvalue weighted by atomic mass is 10.1. The van der Waals surface area contributed by atoms with Gasteiger partial charge < -0.3 is 20.5 Å². The summed E-state index contributed by atoms with van der Waals surface area (Å²) in [4.78, 5) is 35.3. The molecule has 1 rings (SSSR count). The summed E-state index contributed by atoms with van der Waals surface area (Å²) in [5.74, 6) is -1.45. The van der Waals surface area contributed by atoms with Crippen molar-refractivity contribution in [1.29, 1.82) is 0 Å². The van der Waals surface area contributed by atoms with E-state index in [0.717, 1.165) is 4.88 Å². The van der Waals surface area contributed by atoms with Crippen molar-refractivity contribution in [2.45, 2.75) is 25.4 Å². The molecule has 2 unspecified atom stereocenters. The lowest BCUT2D eigenvalue weighted by Crippen LogP contribution is -2.45. The van der Waals surface area contributed by atoms with Gasteiger partial charge in [0.25, 0.3) is 0 Å². The van der Waals surface area contributed by atoms with E-state index in [2.05, 4.69) is 15.4 Å². The van der Waals surface area contributed by atoms with E-state index in [1.807, 2.05) is 17.5 Å². The molecule has 0 radical (unpaired) electrons. The maximum atomic E-state index is 11.9. The lowest BCUT2D eigenvalue weighted by Gasteiger charge is -2.18. The Labute approximate surface area is 126 Å². The van der Waals surface area contributed by atoms with Crippen molar-refractivity contribution in [1.82, 2.24) is 10.6 Å². The molecule has 2 atom stereocenters. The molecule has 1 aromatic heterocycles. The fourth-order valence-corrected chi connectivity index (χ4v) is 2.50. The average Bonchev–Trinajstić information content (AvgIpc) is 2.96. The minimum Gasteiger partial charge on any atom is -0.467 e. The standard InChI is InChI=1S/C13H18N2O5S/c1-8(17)14-9(11-4-3-5-21-11)6-12(18)15-10(7-16)13(19)20-2/h3-5,9-10,16H,6-7H2,1-2H3,(H,14,17)(H,15,18). The number of aliphatic hydroxyl groups excluding tert-OH is 1. The second-order valence-electron chi connectivity index (χ2n) is 4.30. The van der Waals surface area contributed by atoms with Crippen LogP contribution in [-0.4, -0.2) is 42.6 Å². The molecular weight excluding hydrogens is 296 g/mol. The van der Waals surface area contributed by atoms with Crippen molar-refractivity contribution >= 4 is 29.1 Å². The van der Waals surface area contributed by atoms with Crippen LogP contribution in [0.3, 0.4) is 0 Å². The number of aliphatic hydroxyl groups is 1. The largest absolute Gasteiger partial charge is 0.467 e. The van der Waals surface area contributed by atoms with Gasteiger partial charge in [-0.2, -0.15) is 0 Å². The fraction of sp³-hybridized carbons (Fsp3) is 0.462. The average molecular weight is 314 g/mol. The molecule has 3 N–H and O–H groups in total. The normalized spacial score (nSPS) is 13.1. The van der Waals surface area contributed by atoms with Gasteiger partial charge in [-0.1, -0.05) is 6.07 Å². The van der Waals surface area contributed by atoms with E-state index in [0.29, 0.717) is 0 Å². The molecule has 0 aromatic carbocycles. The van der Waals surface area contributed by atoms with E-state index in [9.17, 15) is 14.4 Å². The van der Waals surface area contributed by atoms with Crippen LogP contribution in [0.15, 0.2) is 17.5 Å². The minimum absolute atomic E-state index is 0.0341. The third-order valence-corrected chi connectivity index (χ3v) is 3.64. The maximum absolute atomic E-state index is 11.9. The summed E-state index contributed by atoms with van der Waals surface area (Å²) >= 11 is 1.41. The molecule has 1 aromatic rings. The van der Waals surface area contributed by atoms with Crippen LogP contribution in [0, 0.1) is 0 Å². The molecular formula is C13H18N2O5S. The fourth-order valence-electron chi connectivity index (χ4n) is 1.72. The van der Waals surface area contributed by atoms with Gasteiger partial charge in [-0.15, -0.1) is 11.3 Å². The molecule has 0 fully saturated rings. The molecule has 21 heavy (non-hydrogen) atoms. The van der Waals surface area contributed by atoms with Crippen LogP contribution < -0.4 is 10.6 Å². The SMILES string of the molecule is COC(=O)C(CO)NC(=O)CC(NC(C)=O)c1cccs1. The minimum atomic E-state index is -1.11. The molecule has 0 saturated heterocycles. The highest BCUT2D eigenvalue weighted by Gasteiger charge is 2.23. The van der Waals surface area contributed by atoms with Gasteiger partial charge in [0.1, 0.15) is 0 Å². The van der Waals surface area contributed by atoms with Crippen LogP contribution in [0.4, 0.5) is 0 Å². The molecule has 7 nitrogen and oxygen atoms in total. The first-order valence-corrected chi connectivity index (χ1v) is 7.14. The summed E-state index contributed by atoms with van der Waals surface area (Å²) in [6.07, 6.45) is -0.0341. The van der Waals surface area contributed by atoms with E-state index in [-0.39, 0.29) is 12.3 Å². The number of thiophene rings is 1. The summed E-state index contributed by atoms with van der Waals surface area (Å²) in [5, 5.41) is 15.9. The van der Waals surface area contributed by atoms with Gasteiger partial charge in [-0.3, -0.25) is 9.59 Å². The van der Waals surface area contributed by atoms with Gasteiger partial charge >= 0.3 is 5.97 Å². The van der Waals surface area contributed by atoms with Gasteiger partial charge in [0.05, 0.1) is 26.2 Å². The number of amides is 2. The van der Waals surface area contributed by atoms with Crippen molar-refractivity contribution in [3.05, 3.63) is 22.4 Å². The van der Waals surface area contributed by atoms with Crippen LogP contribution in [0.5, 0.6) is 0 Å². The van der Waals surface area contributed by atoms with Gasteiger partial charge in [0.15, 0.2) is 6.04 Å². The van der Waals surface area contributed by atoms with Crippen molar-refractivity contribution in [2.24, 2.45) is 0 Å². The zero-order valence-corrected chi connectivity index (χ0v) is 12.6. The number of hydrogen-bond acceptors (Lipinski definition) is 6. The van der Waals surface area contributed by atoms with Gasteiger partial charge in [-0.25, -0.2) is 4.79 Å². The van der Waals surface area contributed by atoms with Crippen LogP contribution in [-0.2, 0) is 19.1 Å². The number of methoxy groups -OCH3 is 1. The van der Waals surface area contributed by atoms with Gasteiger partial charge in [0.2, 0.25) is 11.8 Å². The first-order valence-electron chi connectivity index (χ1n) is 6.26. The van der Waals surface area contributed by atoms with E-state index in [4.69, 9.17) is 5.11 Å². The molecule has 0 aliphatic rings. The second kappa shape index (κ2) is 8.38. The zero-order valence-electron chi connectivity index (χ0n) is 11.8. The highest BCUT2D eigenvalue weighted by Crippen LogP contribution is 2.22. The molecule has 116 valence electrons. The Morgan fingerprint density at radius 1 is 1.38 bits per heavy atom. The number of esters is 1. The smallest absolute Gasteiger partial charge is 0.330 e. The summed E-state index contributed by atoms with van der Waals surface area (Å²) in [6, 6.07) is 2.04. The number of hydrogen-bond donors (Lipinski definition) is 3. The number of rotatable bonds is 7. The second-order valence-corrected chi connectivity index (χ2v) is 5.28. The van der Waals surface area contributed by atoms with Crippen LogP contribution >= 0.6 is 11.3 Å². The third-order valence-electron chi connectivity index (χ3n) is 2.66. The van der Waals surface area contributed by atoms with Crippen molar-refractivity contribution in [3.63, 3.8) is 0 Å². The molecule has 8 heteroatoms. The summed E-state index contributed by atoms with van der Waals surface area (Å²) in [7, 11) is 1.17. The Hall–Kier alpha value is -1.93. The highest BCUT2D eigenvalue weighted by atomic mass is 32.1. The summed E-state index contributed by atoms with van der Waals surface area (Å²) in [5.41, 5.74) is 0. The Kier molecular flexibility index (Phi) is 6.83. The van der Waals surface area contributed by atoms with E-state index < -0.39 is 30.6 Å². The molecule has 0 saturated carbocycles. The molecule has 0 aliphatic heterocycles. The van der Waals surface area contributed by atoms with Gasteiger partial charge in [-0.05, 0) is 11.4 Å². The highest BCUT2D eigenvalue weighted by molar-refractivity contribution is 7.10. The monoisotopic (exact) mass is 314 g/mol. The Morgan fingerprint density at radius 2 is 2.10 bits per heavy atom. The predicted molar refractivity (Wildman–Crippen MR) is 76.5 cm³/mol. The first-order chi connectivity index (χ1) is 9.97. The third kappa shape index (κ3) is 5.52. The van der Waals surface area contributed by atoms with E-state index in [1.54, 1.807) is 0 Å². The molecule has 0 aliphatic carbocycles. The first kappa shape index (κ1) is 17.1. The number of nitrogens with one attached hydrogen (secondary N) is 2. The maximum Gasteiger partial charge on any atom is 0.330 e. The van der Waals surface area contributed by atoms with Crippen LogP contribution in [0.1, 0.15) is 24.3 Å². The number of carbonyl (C=O) groups excluding carboxylic acids is 3. The van der Waals surface area contributed by atoms with E-state index in [1.165, 1.54) is 25.4 Å². The topological polar surface area (TPSA) is 105 Å². The number of carbonyl (C=O) groups is 3. The molecule has 0 spiro atoms. The van der Waals surface area contributed by atoms with Crippen molar-refractivity contribution < 1.29 is 24.2 Å². The molecule has 0 bridgehead atoms. The Balaban J connectivity index is 2.68. The number of ether oxygens (including phenoxy) is 1. The quantitative estimate of drug-likeness (QED) is 0.613. The Bertz CT molecular complexity index is 489.